The van der Waals surface area contributed by atoms with Gasteiger partial charge < -0.3 is 4.90 Å². The Balaban J connectivity index is 1.68. The lowest BCUT2D eigenvalue weighted by Crippen LogP contribution is -2.41. The van der Waals surface area contributed by atoms with Gasteiger partial charge in [-0.15, -0.1) is 0 Å². The van der Waals surface area contributed by atoms with Gasteiger partial charge >= 0.3 is 0 Å². The number of hydrogen-bond acceptors (Lipinski definition) is 4. The molecule has 1 saturated heterocycles. The number of hydrogen-bond donors (Lipinski definition) is 0. The van der Waals surface area contributed by atoms with Crippen LogP contribution in [0.3, 0.4) is 0 Å². The molecular formula is C17H20N4O. The lowest BCUT2D eigenvalue weighted by molar-refractivity contribution is 0.0671. The van der Waals surface area contributed by atoms with E-state index in [0.717, 1.165) is 43.7 Å². The topological polar surface area (TPSA) is 59.0 Å². The van der Waals surface area contributed by atoms with Crippen LogP contribution in [-0.4, -0.2) is 38.8 Å². The minimum absolute atomic E-state index is 0.0452. The van der Waals surface area contributed by atoms with E-state index in [1.807, 2.05) is 30.2 Å². The van der Waals surface area contributed by atoms with Gasteiger partial charge in [-0.25, -0.2) is 9.97 Å². The summed E-state index contributed by atoms with van der Waals surface area (Å²) >= 11 is 0. The van der Waals surface area contributed by atoms with Crippen LogP contribution >= 0.6 is 0 Å². The van der Waals surface area contributed by atoms with E-state index in [1.54, 1.807) is 6.20 Å². The van der Waals surface area contributed by atoms with Crippen molar-refractivity contribution in [3.05, 3.63) is 53.9 Å². The molecule has 22 heavy (non-hydrogen) atoms. The number of likely N-dealkylation sites (tertiary alicyclic amines) is 1. The first-order valence-corrected chi connectivity index (χ1v) is 7.70. The summed E-state index contributed by atoms with van der Waals surface area (Å²) in [6, 6.07) is 5.99. The second-order valence-corrected chi connectivity index (χ2v) is 5.81. The maximum atomic E-state index is 12.6. The van der Waals surface area contributed by atoms with Crippen molar-refractivity contribution in [2.45, 2.75) is 26.2 Å². The fourth-order valence-electron chi connectivity index (χ4n) is 3.00. The molecule has 0 bridgehead atoms. The summed E-state index contributed by atoms with van der Waals surface area (Å²) in [6.07, 6.45) is 8.03. The number of carbonyl (C=O) groups is 1. The number of piperidine rings is 1. The fourth-order valence-corrected chi connectivity index (χ4v) is 3.00. The monoisotopic (exact) mass is 296 g/mol. The maximum Gasteiger partial charge on any atom is 0.257 e. The van der Waals surface area contributed by atoms with Crippen LogP contribution in [0.2, 0.25) is 0 Å². The highest BCUT2D eigenvalue weighted by Gasteiger charge is 2.26. The normalized spacial score (nSPS) is 18.2. The van der Waals surface area contributed by atoms with Gasteiger partial charge in [-0.2, -0.15) is 0 Å². The van der Waals surface area contributed by atoms with E-state index < -0.39 is 0 Å². The maximum absolute atomic E-state index is 12.6. The van der Waals surface area contributed by atoms with Gasteiger partial charge in [-0.1, -0.05) is 6.07 Å². The van der Waals surface area contributed by atoms with Crippen LogP contribution in [0.25, 0.3) is 0 Å². The Labute approximate surface area is 130 Å². The largest absolute Gasteiger partial charge is 0.338 e. The Morgan fingerprint density at radius 2 is 2.27 bits per heavy atom. The van der Waals surface area contributed by atoms with Gasteiger partial charge in [0.25, 0.3) is 5.91 Å². The first-order valence-electron chi connectivity index (χ1n) is 7.70. The molecule has 0 saturated carbocycles. The molecule has 2 aromatic rings. The predicted octanol–water partition coefficient (Wildman–Crippen LogP) is 2.27. The average Bonchev–Trinajstić information content (AvgIpc) is 2.56. The lowest BCUT2D eigenvalue weighted by atomic mass is 9.92. The summed E-state index contributed by atoms with van der Waals surface area (Å²) in [6.45, 7) is 3.44. The van der Waals surface area contributed by atoms with Gasteiger partial charge in [0, 0.05) is 31.2 Å². The van der Waals surface area contributed by atoms with E-state index in [1.165, 1.54) is 6.33 Å². The van der Waals surface area contributed by atoms with Gasteiger partial charge in [-0.3, -0.25) is 9.78 Å². The van der Waals surface area contributed by atoms with Crippen molar-refractivity contribution in [3.8, 4) is 0 Å². The van der Waals surface area contributed by atoms with Crippen LogP contribution in [0, 0.1) is 12.8 Å². The van der Waals surface area contributed by atoms with Crippen molar-refractivity contribution in [1.29, 1.82) is 0 Å². The van der Waals surface area contributed by atoms with Crippen LogP contribution in [0.15, 0.2) is 36.9 Å². The molecule has 0 N–H and O–H groups in total. The van der Waals surface area contributed by atoms with Gasteiger partial charge in [0.2, 0.25) is 0 Å². The van der Waals surface area contributed by atoms with E-state index >= 15 is 0 Å². The first kappa shape index (κ1) is 14.6. The summed E-state index contributed by atoms with van der Waals surface area (Å²) < 4.78 is 0. The second kappa shape index (κ2) is 6.64. The van der Waals surface area contributed by atoms with Crippen LogP contribution in [0.4, 0.5) is 0 Å². The van der Waals surface area contributed by atoms with Crippen molar-refractivity contribution < 1.29 is 4.79 Å². The summed E-state index contributed by atoms with van der Waals surface area (Å²) in [5.74, 6) is 0.515. The summed E-state index contributed by atoms with van der Waals surface area (Å²) in [5.41, 5.74) is 2.45. The van der Waals surface area contributed by atoms with Crippen LogP contribution in [0.5, 0.6) is 0 Å². The molecule has 1 fully saturated rings. The third kappa shape index (κ3) is 3.30. The van der Waals surface area contributed by atoms with Gasteiger partial charge in [0.15, 0.2) is 0 Å². The SMILES string of the molecule is Cc1ncncc1C(=O)N1CCCC(Cc2ccccn2)C1. The lowest BCUT2D eigenvalue weighted by Gasteiger charge is -2.32. The molecule has 1 amide bonds. The molecule has 5 nitrogen and oxygen atoms in total. The zero-order chi connectivity index (χ0) is 15.4. The van der Waals surface area contributed by atoms with Crippen molar-refractivity contribution in [2.75, 3.05) is 13.1 Å². The highest BCUT2D eigenvalue weighted by atomic mass is 16.2. The third-order valence-corrected chi connectivity index (χ3v) is 4.17. The molecule has 114 valence electrons. The number of nitrogens with zero attached hydrogens (tertiary/aromatic N) is 4. The molecule has 1 aliphatic heterocycles. The summed E-state index contributed by atoms with van der Waals surface area (Å²) in [5, 5.41) is 0. The average molecular weight is 296 g/mol. The molecule has 3 heterocycles. The predicted molar refractivity (Wildman–Crippen MR) is 83.3 cm³/mol. The number of aryl methyl sites for hydroxylation is 1. The molecule has 0 spiro atoms. The van der Waals surface area contributed by atoms with Crippen LogP contribution < -0.4 is 0 Å². The Morgan fingerprint density at radius 1 is 1.36 bits per heavy atom. The molecule has 0 radical (unpaired) electrons. The van der Waals surface area contributed by atoms with Crippen LogP contribution in [0.1, 0.15) is 34.6 Å². The Kier molecular flexibility index (Phi) is 4.42. The number of pyridine rings is 1. The van der Waals surface area contributed by atoms with Gasteiger partial charge in [0.05, 0.1) is 11.3 Å². The first-order chi connectivity index (χ1) is 10.7. The molecule has 0 aliphatic carbocycles. The van der Waals surface area contributed by atoms with Gasteiger partial charge in [0.1, 0.15) is 6.33 Å². The van der Waals surface area contributed by atoms with Crippen molar-refractivity contribution in [1.82, 2.24) is 19.9 Å². The molecular weight excluding hydrogens is 276 g/mol. The highest BCUT2D eigenvalue weighted by molar-refractivity contribution is 5.94. The molecule has 1 atom stereocenters. The zero-order valence-corrected chi connectivity index (χ0v) is 12.8. The molecule has 2 aromatic heterocycles. The standard InChI is InChI=1S/C17H20N4O/c1-13-16(10-18-12-20-13)17(22)21-8-4-5-14(11-21)9-15-6-2-3-7-19-15/h2-3,6-7,10,12,14H,4-5,8-9,11H2,1H3. The molecule has 5 heteroatoms. The van der Waals surface area contributed by atoms with E-state index in [9.17, 15) is 4.79 Å². The zero-order valence-electron chi connectivity index (χ0n) is 12.8. The highest BCUT2D eigenvalue weighted by Crippen LogP contribution is 2.22. The Hall–Kier alpha value is -2.30. The third-order valence-electron chi connectivity index (χ3n) is 4.17. The molecule has 0 aromatic carbocycles. The van der Waals surface area contributed by atoms with Crippen molar-refractivity contribution in [3.63, 3.8) is 0 Å². The minimum atomic E-state index is 0.0452. The molecule has 3 rings (SSSR count). The summed E-state index contributed by atoms with van der Waals surface area (Å²) in [7, 11) is 0. The minimum Gasteiger partial charge on any atom is -0.338 e. The van der Waals surface area contributed by atoms with Crippen LogP contribution in [-0.2, 0) is 6.42 Å². The second-order valence-electron chi connectivity index (χ2n) is 5.81. The van der Waals surface area contributed by atoms with Crippen molar-refractivity contribution >= 4 is 5.91 Å². The summed E-state index contributed by atoms with van der Waals surface area (Å²) in [4.78, 5) is 27.1. The number of aromatic nitrogens is 3. The van der Waals surface area contributed by atoms with E-state index in [-0.39, 0.29) is 5.91 Å². The van der Waals surface area contributed by atoms with Crippen molar-refractivity contribution in [2.24, 2.45) is 5.92 Å². The molecule has 1 unspecified atom stereocenters. The number of amides is 1. The number of rotatable bonds is 3. The van der Waals surface area contributed by atoms with E-state index in [0.29, 0.717) is 11.5 Å². The Morgan fingerprint density at radius 3 is 3.05 bits per heavy atom. The van der Waals surface area contributed by atoms with E-state index in [2.05, 4.69) is 21.0 Å². The molecule has 1 aliphatic rings. The smallest absolute Gasteiger partial charge is 0.257 e. The Bertz CT molecular complexity index is 644. The quantitative estimate of drug-likeness (QED) is 0.872. The number of carbonyl (C=O) groups excluding carboxylic acids is 1. The van der Waals surface area contributed by atoms with E-state index in [4.69, 9.17) is 0 Å². The fraction of sp³-hybridized carbons (Fsp3) is 0.412. The van der Waals surface area contributed by atoms with Gasteiger partial charge in [-0.05, 0) is 44.2 Å².